The molecule has 2 unspecified atom stereocenters. The number of hydrogen-bond acceptors (Lipinski definition) is 5. The molecule has 5 heteroatoms. The maximum absolute atomic E-state index is 11.6. The molecular formula is C26H52O5. The number of rotatable bonds is 24. The largest absolute Gasteiger partial charge is 0.463 e. The van der Waals surface area contributed by atoms with Crippen molar-refractivity contribution >= 4 is 5.97 Å². The zero-order valence-corrected chi connectivity index (χ0v) is 20.4. The van der Waals surface area contributed by atoms with Gasteiger partial charge >= 0.3 is 5.97 Å². The highest BCUT2D eigenvalue weighted by atomic mass is 16.5. The Hall–Kier alpha value is -0.650. The molecule has 5 nitrogen and oxygen atoms in total. The first kappa shape index (κ1) is 30.4. The highest BCUT2D eigenvalue weighted by Crippen LogP contribution is 2.15. The highest BCUT2D eigenvalue weighted by molar-refractivity contribution is 5.69. The van der Waals surface area contributed by atoms with Crippen LogP contribution in [-0.2, 0) is 9.53 Å². The molecule has 0 saturated carbocycles. The van der Waals surface area contributed by atoms with Gasteiger partial charge in [0.1, 0.15) is 18.8 Å². The standard InChI is InChI=1S/C26H52O5/c1-2-3-4-5-6-7-8-9-10-11-12-13-14-15-16-17-18-19-20-21-26(30)31-23-25(29)24(28)22-27/h24-25,27-29H,2-23H2,1H3. The van der Waals surface area contributed by atoms with E-state index in [-0.39, 0.29) is 12.6 Å². The number of carbonyl (C=O) groups is 1. The van der Waals surface area contributed by atoms with Crippen LogP contribution >= 0.6 is 0 Å². The van der Waals surface area contributed by atoms with Gasteiger partial charge in [-0.3, -0.25) is 4.79 Å². The minimum atomic E-state index is -1.26. The van der Waals surface area contributed by atoms with Crippen LogP contribution in [0, 0.1) is 0 Å². The molecule has 0 radical (unpaired) electrons. The Morgan fingerprint density at radius 1 is 0.613 bits per heavy atom. The lowest BCUT2D eigenvalue weighted by molar-refractivity contribution is -0.149. The first-order chi connectivity index (χ1) is 15.1. The van der Waals surface area contributed by atoms with E-state index in [4.69, 9.17) is 9.84 Å². The van der Waals surface area contributed by atoms with Gasteiger partial charge in [0.05, 0.1) is 6.61 Å². The van der Waals surface area contributed by atoms with E-state index >= 15 is 0 Å². The summed E-state index contributed by atoms with van der Waals surface area (Å²) in [7, 11) is 0. The van der Waals surface area contributed by atoms with Crippen molar-refractivity contribution < 1.29 is 24.9 Å². The van der Waals surface area contributed by atoms with Crippen LogP contribution in [0.1, 0.15) is 135 Å². The third kappa shape index (κ3) is 22.3. The fourth-order valence-electron chi connectivity index (χ4n) is 3.83. The third-order valence-electron chi connectivity index (χ3n) is 6.03. The molecule has 0 bridgehead atoms. The van der Waals surface area contributed by atoms with Crippen LogP contribution < -0.4 is 0 Å². The van der Waals surface area contributed by atoms with Gasteiger partial charge in [0.25, 0.3) is 0 Å². The predicted molar refractivity (Wildman–Crippen MR) is 128 cm³/mol. The molecule has 3 N–H and O–H groups in total. The predicted octanol–water partition coefficient (Wildman–Crippen LogP) is 6.07. The lowest BCUT2D eigenvalue weighted by atomic mass is 10.0. The maximum atomic E-state index is 11.6. The normalized spacial score (nSPS) is 13.3. The van der Waals surface area contributed by atoms with Crippen molar-refractivity contribution in [2.75, 3.05) is 13.2 Å². The van der Waals surface area contributed by atoms with E-state index in [2.05, 4.69) is 6.92 Å². The van der Waals surface area contributed by atoms with Crippen LogP contribution in [0.4, 0.5) is 0 Å². The van der Waals surface area contributed by atoms with Crippen molar-refractivity contribution in [3.63, 3.8) is 0 Å². The van der Waals surface area contributed by atoms with Crippen molar-refractivity contribution in [3.05, 3.63) is 0 Å². The molecule has 186 valence electrons. The molecule has 0 aliphatic heterocycles. The van der Waals surface area contributed by atoms with E-state index in [1.54, 1.807) is 0 Å². The fraction of sp³-hybridized carbons (Fsp3) is 0.962. The van der Waals surface area contributed by atoms with Crippen LogP contribution in [0.25, 0.3) is 0 Å². The molecule has 2 atom stereocenters. The Balaban J connectivity index is 3.19. The van der Waals surface area contributed by atoms with Gasteiger partial charge in [0.2, 0.25) is 0 Å². The monoisotopic (exact) mass is 444 g/mol. The zero-order valence-electron chi connectivity index (χ0n) is 20.4. The van der Waals surface area contributed by atoms with Crippen molar-refractivity contribution in [2.24, 2.45) is 0 Å². The average molecular weight is 445 g/mol. The summed E-state index contributed by atoms with van der Waals surface area (Å²) >= 11 is 0. The molecule has 0 aromatic rings. The zero-order chi connectivity index (χ0) is 23.0. The van der Waals surface area contributed by atoms with E-state index in [0.717, 1.165) is 19.3 Å². The first-order valence-electron chi connectivity index (χ1n) is 13.2. The van der Waals surface area contributed by atoms with Gasteiger partial charge in [-0.2, -0.15) is 0 Å². The summed E-state index contributed by atoms with van der Waals surface area (Å²) in [6, 6.07) is 0. The number of esters is 1. The second-order valence-corrected chi connectivity index (χ2v) is 9.11. The van der Waals surface area contributed by atoms with Gasteiger partial charge in [0.15, 0.2) is 0 Å². The summed E-state index contributed by atoms with van der Waals surface area (Å²) in [5.74, 6) is -0.351. The molecule has 0 saturated heterocycles. The number of ether oxygens (including phenoxy) is 1. The topological polar surface area (TPSA) is 87.0 Å². The molecule has 0 spiro atoms. The van der Waals surface area contributed by atoms with E-state index in [1.165, 1.54) is 103 Å². The first-order valence-corrected chi connectivity index (χ1v) is 13.2. The van der Waals surface area contributed by atoms with Crippen LogP contribution in [0.5, 0.6) is 0 Å². The minimum absolute atomic E-state index is 0.264. The fourth-order valence-corrected chi connectivity index (χ4v) is 3.83. The van der Waals surface area contributed by atoms with Crippen LogP contribution in [0.15, 0.2) is 0 Å². The lowest BCUT2D eigenvalue weighted by Crippen LogP contribution is -2.34. The van der Waals surface area contributed by atoms with Crippen molar-refractivity contribution in [1.82, 2.24) is 0 Å². The Morgan fingerprint density at radius 3 is 1.32 bits per heavy atom. The lowest BCUT2D eigenvalue weighted by Gasteiger charge is -2.15. The van der Waals surface area contributed by atoms with E-state index in [9.17, 15) is 15.0 Å². The number of aliphatic hydroxyl groups excluding tert-OH is 3. The van der Waals surface area contributed by atoms with E-state index in [0.29, 0.717) is 6.42 Å². The Kier molecular flexibility index (Phi) is 23.5. The van der Waals surface area contributed by atoms with Crippen LogP contribution in [0.3, 0.4) is 0 Å². The maximum Gasteiger partial charge on any atom is 0.305 e. The van der Waals surface area contributed by atoms with Crippen LogP contribution in [-0.4, -0.2) is 46.7 Å². The van der Waals surface area contributed by atoms with Gasteiger partial charge in [-0.15, -0.1) is 0 Å². The van der Waals surface area contributed by atoms with E-state index in [1.807, 2.05) is 0 Å². The number of unbranched alkanes of at least 4 members (excludes halogenated alkanes) is 18. The molecule has 0 fully saturated rings. The molecular weight excluding hydrogens is 392 g/mol. The van der Waals surface area contributed by atoms with Gasteiger partial charge < -0.3 is 20.1 Å². The molecule has 31 heavy (non-hydrogen) atoms. The van der Waals surface area contributed by atoms with Gasteiger partial charge in [-0.05, 0) is 6.42 Å². The molecule has 0 aliphatic rings. The Morgan fingerprint density at radius 2 is 0.968 bits per heavy atom. The summed E-state index contributed by atoms with van der Waals surface area (Å²) in [4.78, 5) is 11.6. The van der Waals surface area contributed by atoms with Gasteiger partial charge in [-0.25, -0.2) is 0 Å². The second-order valence-electron chi connectivity index (χ2n) is 9.11. The summed E-state index contributed by atoms with van der Waals surface area (Å²) < 4.78 is 4.90. The molecule has 0 rings (SSSR count). The molecule has 0 amide bonds. The summed E-state index contributed by atoms with van der Waals surface area (Å²) in [5.41, 5.74) is 0. The van der Waals surface area contributed by atoms with Gasteiger partial charge in [0, 0.05) is 6.42 Å². The number of aliphatic hydroxyl groups is 3. The molecule has 0 heterocycles. The average Bonchev–Trinajstić information content (AvgIpc) is 2.78. The summed E-state index contributed by atoms with van der Waals surface area (Å²) in [6.07, 6.45) is 22.9. The Labute approximate surface area is 192 Å². The number of carbonyl (C=O) groups excluding carboxylic acids is 1. The molecule has 0 aliphatic carbocycles. The van der Waals surface area contributed by atoms with E-state index < -0.39 is 18.8 Å². The number of hydrogen-bond donors (Lipinski definition) is 3. The van der Waals surface area contributed by atoms with Gasteiger partial charge in [-0.1, -0.05) is 122 Å². The summed E-state index contributed by atoms with van der Waals surface area (Å²) in [5, 5.41) is 27.3. The quantitative estimate of drug-likeness (QED) is 0.124. The smallest absolute Gasteiger partial charge is 0.305 e. The van der Waals surface area contributed by atoms with Crippen LogP contribution in [0.2, 0.25) is 0 Å². The highest BCUT2D eigenvalue weighted by Gasteiger charge is 2.17. The Bertz CT molecular complexity index is 375. The SMILES string of the molecule is CCCCCCCCCCCCCCCCCCCCCC(=O)OCC(O)C(O)CO. The molecule has 0 aromatic carbocycles. The van der Waals surface area contributed by atoms with Crippen molar-refractivity contribution in [1.29, 1.82) is 0 Å². The van der Waals surface area contributed by atoms with Crippen molar-refractivity contribution in [3.8, 4) is 0 Å². The molecule has 0 aromatic heterocycles. The van der Waals surface area contributed by atoms with Crippen molar-refractivity contribution in [2.45, 2.75) is 148 Å². The second kappa shape index (κ2) is 24.0. The summed E-state index contributed by atoms with van der Waals surface area (Å²) in [6.45, 7) is 1.47. The third-order valence-corrected chi connectivity index (χ3v) is 6.03. The minimum Gasteiger partial charge on any atom is -0.463 e.